The minimum absolute atomic E-state index is 0.187. The van der Waals surface area contributed by atoms with E-state index in [0.717, 1.165) is 59.0 Å². The summed E-state index contributed by atoms with van der Waals surface area (Å²) in [5, 5.41) is 10.7. The molecule has 3 aromatic rings. The largest absolute Gasteiger partial charge is 0.481 e. The Labute approximate surface area is 197 Å². The van der Waals surface area contributed by atoms with Crippen LogP contribution in [0.4, 0.5) is 0 Å². The number of nitrogens with zero attached hydrogens (tertiary/aromatic N) is 4. The Kier molecular flexibility index (Phi) is 7.13. The fourth-order valence-corrected chi connectivity index (χ4v) is 5.04. The zero-order valence-corrected chi connectivity index (χ0v) is 20.1. The van der Waals surface area contributed by atoms with Crippen LogP contribution >= 0.6 is 30.3 Å². The monoisotopic (exact) mass is 549 g/mol. The number of aliphatic hydroxyl groups is 1. The summed E-state index contributed by atoms with van der Waals surface area (Å²) in [4.78, 5) is 13.8. The van der Waals surface area contributed by atoms with Crippen LogP contribution < -0.4 is 10.5 Å². The van der Waals surface area contributed by atoms with E-state index < -0.39 is 0 Å². The molecule has 7 nitrogen and oxygen atoms in total. The zero-order chi connectivity index (χ0) is 21.8. The topological polar surface area (TPSA) is 98.5 Å². The number of hydrogen-bond donors (Lipinski definition) is 2. The predicted molar refractivity (Wildman–Crippen MR) is 135 cm³/mol. The van der Waals surface area contributed by atoms with Crippen LogP contribution in [0.25, 0.3) is 27.7 Å². The molecule has 1 aliphatic carbocycles. The Morgan fingerprint density at radius 3 is 2.74 bits per heavy atom. The van der Waals surface area contributed by atoms with Crippen molar-refractivity contribution in [2.24, 2.45) is 10.7 Å². The molecule has 0 spiro atoms. The minimum atomic E-state index is -0.187. The lowest BCUT2D eigenvalue weighted by Gasteiger charge is -2.22. The zero-order valence-electron chi connectivity index (χ0n) is 17.1. The molecule has 0 amide bonds. The Hall–Kier alpha value is -2.11. The molecule has 3 aromatic heterocycles. The number of aromatic nitrogens is 3. The van der Waals surface area contributed by atoms with Gasteiger partial charge in [0, 0.05) is 95.0 Å². The van der Waals surface area contributed by atoms with E-state index in [9.17, 15) is 5.11 Å². The molecule has 3 N–H and O–H groups in total. The predicted octanol–water partition coefficient (Wildman–Crippen LogP) is 4.63. The van der Waals surface area contributed by atoms with Crippen LogP contribution in [0.3, 0.4) is 0 Å². The van der Waals surface area contributed by atoms with Crippen LogP contribution in [0.1, 0.15) is 31.2 Å². The smallest absolute Gasteiger partial charge is 0.212 e. The molecule has 0 aromatic carbocycles. The maximum atomic E-state index is 9.69. The number of aliphatic hydroxyl groups excluding tert-OH is 1. The molecule has 0 saturated heterocycles. The first kappa shape index (κ1) is 22.1. The molecule has 162 valence electrons. The van der Waals surface area contributed by atoms with Gasteiger partial charge in [0.25, 0.3) is 0 Å². The highest BCUT2D eigenvalue weighted by Crippen LogP contribution is 2.35. The highest BCUT2D eigenvalue weighted by molar-refractivity contribution is 14.2. The number of ether oxygens (including phenoxy) is 1. The number of fused-ring (bicyclic) bond motifs is 1. The Bertz CT molecular complexity index is 1110. The number of pyridine rings is 2. The second-order valence-corrected chi connectivity index (χ2v) is 9.20. The number of hydrogen-bond acceptors (Lipinski definition) is 7. The van der Waals surface area contributed by atoms with E-state index in [2.05, 4.69) is 38.5 Å². The first-order valence-corrected chi connectivity index (χ1v) is 13.4. The molecule has 0 aliphatic heterocycles. The van der Waals surface area contributed by atoms with Crippen molar-refractivity contribution in [1.29, 1.82) is 0 Å². The second kappa shape index (κ2) is 10.0. The second-order valence-electron chi connectivity index (χ2n) is 7.48. The van der Waals surface area contributed by atoms with E-state index in [4.69, 9.17) is 20.4 Å². The number of nitrogens with two attached hydrogens (primary N) is 1. The van der Waals surface area contributed by atoms with Gasteiger partial charge in [0.2, 0.25) is 5.88 Å². The van der Waals surface area contributed by atoms with Gasteiger partial charge in [-0.3, -0.25) is 8.96 Å². The summed E-state index contributed by atoms with van der Waals surface area (Å²) in [5.74, 6) is 0.578. The van der Waals surface area contributed by atoms with E-state index >= 15 is 0 Å². The first-order valence-electron chi connectivity index (χ1n) is 10.1. The summed E-state index contributed by atoms with van der Waals surface area (Å²) in [5.41, 5.74) is 10.6. The maximum Gasteiger partial charge on any atom is 0.212 e. The van der Waals surface area contributed by atoms with E-state index in [0.29, 0.717) is 5.88 Å². The molecule has 31 heavy (non-hydrogen) atoms. The molecule has 9 heteroatoms. The van der Waals surface area contributed by atoms with Crippen molar-refractivity contribution in [3.63, 3.8) is 0 Å². The molecule has 0 bridgehead atoms. The van der Waals surface area contributed by atoms with Crippen molar-refractivity contribution in [1.82, 2.24) is 13.9 Å². The lowest BCUT2D eigenvalue weighted by Crippen LogP contribution is -2.20. The Morgan fingerprint density at radius 1 is 1.29 bits per heavy atom. The van der Waals surface area contributed by atoms with Crippen LogP contribution in [0, 0.1) is 0 Å². The third kappa shape index (κ3) is 4.88. The van der Waals surface area contributed by atoms with Gasteiger partial charge in [-0.15, -0.1) is 0 Å². The quantitative estimate of drug-likeness (QED) is 0.344. The van der Waals surface area contributed by atoms with Crippen molar-refractivity contribution in [3.8, 4) is 17.0 Å². The lowest BCUT2D eigenvalue weighted by atomic mass is 9.93. The molecule has 1 fully saturated rings. The van der Waals surface area contributed by atoms with Gasteiger partial charge >= 0.3 is 0 Å². The van der Waals surface area contributed by atoms with E-state index in [1.54, 1.807) is 28.6 Å². The average Bonchev–Trinajstić information content (AvgIpc) is 3.19. The molecule has 3 heterocycles. The third-order valence-corrected chi connectivity index (χ3v) is 7.25. The molecule has 0 radical (unpaired) electrons. The summed E-state index contributed by atoms with van der Waals surface area (Å²) < 4.78 is 7.22. The van der Waals surface area contributed by atoms with E-state index in [-0.39, 0.29) is 12.1 Å². The van der Waals surface area contributed by atoms with Crippen molar-refractivity contribution in [2.75, 3.05) is 7.11 Å². The summed E-state index contributed by atoms with van der Waals surface area (Å²) >= 11 is 2.25. The number of aliphatic imine (C=N–C) groups is 1. The Balaban J connectivity index is 1.68. The first-order chi connectivity index (χ1) is 15.1. The van der Waals surface area contributed by atoms with Crippen molar-refractivity contribution in [2.45, 2.75) is 37.8 Å². The van der Waals surface area contributed by atoms with Crippen LogP contribution in [0.15, 0.2) is 48.0 Å². The third-order valence-electron chi connectivity index (χ3n) is 5.55. The van der Waals surface area contributed by atoms with E-state index in [1.807, 2.05) is 28.5 Å². The highest BCUT2D eigenvalue weighted by Gasteiger charge is 2.18. The SMILES string of the molecule is COc1ccc(-c2cn(SI)c3ncc(/C(C=NC4CCC(O)CC4)=C/N)cc23)cn1. The highest BCUT2D eigenvalue weighted by atomic mass is 127. The molecule has 0 unspecified atom stereocenters. The van der Waals surface area contributed by atoms with Crippen molar-refractivity contribution < 1.29 is 9.84 Å². The maximum absolute atomic E-state index is 9.69. The van der Waals surface area contributed by atoms with Gasteiger partial charge in [-0.1, -0.05) is 0 Å². The molecule has 1 saturated carbocycles. The van der Waals surface area contributed by atoms with Gasteiger partial charge in [-0.2, -0.15) is 0 Å². The number of halogens is 1. The number of rotatable bonds is 6. The summed E-state index contributed by atoms with van der Waals surface area (Å²) in [6.45, 7) is 0. The molecule has 0 atom stereocenters. The number of allylic oxidation sites excluding steroid dienone is 1. The van der Waals surface area contributed by atoms with Gasteiger partial charge < -0.3 is 15.6 Å². The average molecular weight is 549 g/mol. The number of methoxy groups -OCH3 is 1. The summed E-state index contributed by atoms with van der Waals surface area (Å²) in [7, 11) is 3.17. The van der Waals surface area contributed by atoms with Crippen LogP contribution in [-0.2, 0) is 0 Å². The van der Waals surface area contributed by atoms with Crippen LogP contribution in [-0.4, -0.2) is 44.5 Å². The fourth-order valence-electron chi connectivity index (χ4n) is 3.79. The standard InChI is InChI=1S/C22H24IN5O2S/c1-30-21-7-2-14(10-26-21)20-13-28(31-23)22-19(20)8-15(11-27-22)16(9-24)12-25-17-3-5-18(29)6-4-17/h2,7-13,17-18,29H,3-6,24H2,1H3/b16-9+,25-12?. The fraction of sp³-hybridized carbons (Fsp3) is 0.318. The van der Waals surface area contributed by atoms with Crippen molar-refractivity contribution >= 4 is 53.1 Å². The molecule has 4 rings (SSSR count). The van der Waals surface area contributed by atoms with Crippen LogP contribution in [0.2, 0.25) is 0 Å². The summed E-state index contributed by atoms with van der Waals surface area (Å²) in [6.07, 6.45) is 12.3. The van der Waals surface area contributed by atoms with Gasteiger partial charge in [0.1, 0.15) is 0 Å². The van der Waals surface area contributed by atoms with Gasteiger partial charge in [-0.05, 0) is 37.8 Å². The molecular formula is C22H24IN5O2S. The molecular weight excluding hydrogens is 525 g/mol. The van der Waals surface area contributed by atoms with Crippen LogP contribution in [0.5, 0.6) is 5.88 Å². The minimum Gasteiger partial charge on any atom is -0.481 e. The normalized spacial score (nSPS) is 19.9. The van der Waals surface area contributed by atoms with Gasteiger partial charge in [-0.25, -0.2) is 9.97 Å². The van der Waals surface area contributed by atoms with E-state index in [1.165, 1.54) is 0 Å². The Morgan fingerprint density at radius 2 is 2.10 bits per heavy atom. The molecule has 1 aliphatic rings. The lowest BCUT2D eigenvalue weighted by molar-refractivity contribution is 0.123. The van der Waals surface area contributed by atoms with Gasteiger partial charge in [0.15, 0.2) is 5.65 Å². The van der Waals surface area contributed by atoms with Gasteiger partial charge in [0.05, 0.1) is 19.3 Å². The van der Waals surface area contributed by atoms with Crippen molar-refractivity contribution in [3.05, 3.63) is 48.6 Å². The summed E-state index contributed by atoms with van der Waals surface area (Å²) in [6, 6.07) is 6.17.